The summed E-state index contributed by atoms with van der Waals surface area (Å²) in [5, 5.41) is 20.5. The molecule has 25 heavy (non-hydrogen) atoms. The second-order valence-corrected chi connectivity index (χ2v) is 10.1. The monoisotopic (exact) mass is 343 g/mol. The molecule has 4 rings (SSSR count). The Morgan fingerprint density at radius 2 is 2.04 bits per heavy atom. The molecule has 1 saturated heterocycles. The minimum atomic E-state index is -0.629. The van der Waals surface area contributed by atoms with Crippen LogP contribution >= 0.6 is 0 Å². The lowest BCUT2D eigenvalue weighted by Gasteiger charge is -2.56. The van der Waals surface area contributed by atoms with Crippen molar-refractivity contribution in [1.82, 2.24) is 4.90 Å². The van der Waals surface area contributed by atoms with Crippen molar-refractivity contribution in [3.63, 3.8) is 0 Å². The van der Waals surface area contributed by atoms with Crippen LogP contribution in [0.15, 0.2) is 12.3 Å². The van der Waals surface area contributed by atoms with E-state index in [-0.39, 0.29) is 17.5 Å². The number of aliphatic hydroxyl groups is 1. The first-order valence-corrected chi connectivity index (χ1v) is 10.0. The molecule has 0 radical (unpaired) electrons. The SMILES string of the molecule is C=C(C(N)C12CC(C)CC(CC(C)(O)C1)C2)N1C(C#N)CC2C(C)C21. The third-order valence-electron chi connectivity index (χ3n) is 7.81. The van der Waals surface area contributed by atoms with Crippen molar-refractivity contribution in [3.05, 3.63) is 12.3 Å². The van der Waals surface area contributed by atoms with Gasteiger partial charge in [0, 0.05) is 17.8 Å². The number of hydrogen-bond acceptors (Lipinski definition) is 4. The Kier molecular flexibility index (Phi) is 3.80. The summed E-state index contributed by atoms with van der Waals surface area (Å²) in [5.41, 5.74) is 7.13. The van der Waals surface area contributed by atoms with E-state index in [0.29, 0.717) is 29.7 Å². The summed E-state index contributed by atoms with van der Waals surface area (Å²) in [5.74, 6) is 2.49. The fraction of sp³-hybridized carbons (Fsp3) is 0.857. The summed E-state index contributed by atoms with van der Waals surface area (Å²) in [4.78, 5) is 2.26. The third kappa shape index (κ3) is 2.62. The molecule has 4 nitrogen and oxygen atoms in total. The Morgan fingerprint density at radius 1 is 1.32 bits per heavy atom. The highest BCUT2D eigenvalue weighted by molar-refractivity contribution is 5.26. The van der Waals surface area contributed by atoms with E-state index < -0.39 is 5.60 Å². The van der Waals surface area contributed by atoms with Crippen molar-refractivity contribution in [2.24, 2.45) is 34.8 Å². The number of nitriles is 1. The van der Waals surface area contributed by atoms with Gasteiger partial charge >= 0.3 is 0 Å². The number of hydrogen-bond donors (Lipinski definition) is 2. The fourth-order valence-electron chi connectivity index (χ4n) is 7.14. The van der Waals surface area contributed by atoms with Crippen molar-refractivity contribution in [1.29, 1.82) is 5.26 Å². The highest BCUT2D eigenvalue weighted by atomic mass is 16.3. The third-order valence-corrected chi connectivity index (χ3v) is 7.81. The van der Waals surface area contributed by atoms with Crippen LogP contribution in [0.3, 0.4) is 0 Å². The van der Waals surface area contributed by atoms with Crippen LogP contribution in [-0.2, 0) is 0 Å². The molecule has 4 aliphatic rings. The molecule has 0 aromatic carbocycles. The van der Waals surface area contributed by atoms with Gasteiger partial charge in [-0.3, -0.25) is 0 Å². The zero-order chi connectivity index (χ0) is 18.1. The zero-order valence-corrected chi connectivity index (χ0v) is 15.9. The number of rotatable bonds is 3. The molecule has 9 unspecified atom stereocenters. The summed E-state index contributed by atoms with van der Waals surface area (Å²) in [7, 11) is 0. The summed E-state index contributed by atoms with van der Waals surface area (Å²) >= 11 is 0. The van der Waals surface area contributed by atoms with Gasteiger partial charge in [-0.25, -0.2) is 0 Å². The second-order valence-electron chi connectivity index (χ2n) is 10.1. The molecule has 0 spiro atoms. The maximum atomic E-state index is 10.9. The lowest BCUT2D eigenvalue weighted by Crippen LogP contribution is -2.57. The molecular weight excluding hydrogens is 310 g/mol. The maximum absolute atomic E-state index is 10.9. The van der Waals surface area contributed by atoms with Crippen LogP contribution in [0.2, 0.25) is 0 Å². The van der Waals surface area contributed by atoms with Gasteiger partial charge in [0.15, 0.2) is 0 Å². The summed E-state index contributed by atoms with van der Waals surface area (Å²) < 4.78 is 0. The number of fused-ring (bicyclic) bond motifs is 3. The van der Waals surface area contributed by atoms with Crippen LogP contribution in [0.4, 0.5) is 0 Å². The maximum Gasteiger partial charge on any atom is 0.117 e. The van der Waals surface area contributed by atoms with E-state index in [4.69, 9.17) is 5.73 Å². The first kappa shape index (κ1) is 17.4. The van der Waals surface area contributed by atoms with E-state index in [1.807, 2.05) is 6.92 Å². The highest BCUT2D eigenvalue weighted by Gasteiger charge is 2.61. The second kappa shape index (κ2) is 5.47. The largest absolute Gasteiger partial charge is 0.390 e. The number of nitrogens with zero attached hydrogens (tertiary/aromatic N) is 2. The Balaban J connectivity index is 1.61. The number of piperidine rings is 1. The molecular formula is C21H33N3O. The standard InChI is InChI=1S/C21H33N3O/c1-12-5-15-8-20(4,25)11-21(7-12,9-15)19(23)14(3)24-16(10-22)6-17-13(2)18(17)24/h12-13,15-19,25H,3,5-9,11,23H2,1-2,4H3. The molecule has 3 aliphatic carbocycles. The molecule has 0 amide bonds. The van der Waals surface area contributed by atoms with Crippen LogP contribution in [0.5, 0.6) is 0 Å². The van der Waals surface area contributed by atoms with Crippen LogP contribution in [0, 0.1) is 40.4 Å². The van der Waals surface area contributed by atoms with Gasteiger partial charge in [0.2, 0.25) is 0 Å². The average Bonchev–Trinajstić information content (AvgIpc) is 2.96. The van der Waals surface area contributed by atoms with E-state index in [2.05, 4.69) is 31.4 Å². The molecule has 9 atom stereocenters. The number of likely N-dealkylation sites (tertiary alicyclic amines) is 1. The van der Waals surface area contributed by atoms with E-state index in [1.54, 1.807) is 0 Å². The first-order valence-electron chi connectivity index (χ1n) is 10.0. The van der Waals surface area contributed by atoms with Gasteiger partial charge in [-0.05, 0) is 74.5 Å². The fourth-order valence-corrected chi connectivity index (χ4v) is 7.14. The molecule has 4 heteroatoms. The Morgan fingerprint density at radius 3 is 2.72 bits per heavy atom. The summed E-state index contributed by atoms with van der Waals surface area (Å²) in [6, 6.07) is 2.70. The molecule has 2 bridgehead atoms. The quantitative estimate of drug-likeness (QED) is 0.826. The normalized spacial score (nSPS) is 52.2. The van der Waals surface area contributed by atoms with Crippen molar-refractivity contribution < 1.29 is 5.11 Å². The van der Waals surface area contributed by atoms with Crippen LogP contribution in [0.1, 0.15) is 59.3 Å². The minimum absolute atomic E-state index is 0.0675. The Labute approximate surface area is 152 Å². The molecule has 138 valence electrons. The minimum Gasteiger partial charge on any atom is -0.390 e. The molecule has 1 heterocycles. The highest BCUT2D eigenvalue weighted by Crippen LogP contribution is 2.59. The van der Waals surface area contributed by atoms with Gasteiger partial charge in [-0.1, -0.05) is 20.4 Å². The lowest BCUT2D eigenvalue weighted by molar-refractivity contribution is -0.0986. The van der Waals surface area contributed by atoms with Crippen molar-refractivity contribution in [2.45, 2.75) is 83.0 Å². The Bertz CT molecular complexity index is 619. The molecule has 3 N–H and O–H groups in total. The topological polar surface area (TPSA) is 73.3 Å². The van der Waals surface area contributed by atoms with E-state index in [9.17, 15) is 10.4 Å². The molecule has 3 saturated carbocycles. The predicted molar refractivity (Wildman–Crippen MR) is 98.2 cm³/mol. The predicted octanol–water partition coefficient (Wildman–Crippen LogP) is 3.03. The Hall–Kier alpha value is -1.05. The van der Waals surface area contributed by atoms with Crippen molar-refractivity contribution in [3.8, 4) is 6.07 Å². The molecule has 1 aliphatic heterocycles. The molecule has 0 aromatic rings. The summed E-state index contributed by atoms with van der Waals surface area (Å²) in [6.45, 7) is 11.0. The smallest absolute Gasteiger partial charge is 0.117 e. The van der Waals surface area contributed by atoms with Crippen LogP contribution in [0.25, 0.3) is 0 Å². The van der Waals surface area contributed by atoms with E-state index in [1.165, 1.54) is 6.42 Å². The zero-order valence-electron chi connectivity index (χ0n) is 15.9. The average molecular weight is 344 g/mol. The van der Waals surface area contributed by atoms with Gasteiger partial charge in [-0.2, -0.15) is 5.26 Å². The van der Waals surface area contributed by atoms with Crippen LogP contribution < -0.4 is 5.73 Å². The first-order chi connectivity index (χ1) is 11.7. The summed E-state index contributed by atoms with van der Waals surface area (Å²) in [6.07, 6.45) is 5.97. The molecule has 0 aromatic heterocycles. The van der Waals surface area contributed by atoms with E-state index in [0.717, 1.165) is 37.8 Å². The van der Waals surface area contributed by atoms with Crippen molar-refractivity contribution in [2.75, 3.05) is 0 Å². The lowest BCUT2D eigenvalue weighted by atomic mass is 9.52. The van der Waals surface area contributed by atoms with E-state index >= 15 is 0 Å². The van der Waals surface area contributed by atoms with Crippen molar-refractivity contribution >= 4 is 0 Å². The van der Waals surface area contributed by atoms with Gasteiger partial charge in [0.1, 0.15) is 6.04 Å². The van der Waals surface area contributed by atoms with Gasteiger partial charge in [0.25, 0.3) is 0 Å². The van der Waals surface area contributed by atoms with Gasteiger partial charge < -0.3 is 15.7 Å². The van der Waals surface area contributed by atoms with Gasteiger partial charge in [-0.15, -0.1) is 0 Å². The molecule has 4 fully saturated rings. The van der Waals surface area contributed by atoms with Crippen LogP contribution in [-0.4, -0.2) is 33.7 Å². The number of nitrogens with two attached hydrogens (primary N) is 1. The van der Waals surface area contributed by atoms with Gasteiger partial charge in [0.05, 0.1) is 11.7 Å².